The predicted molar refractivity (Wildman–Crippen MR) is 70.6 cm³/mol. The van der Waals surface area contributed by atoms with Gasteiger partial charge in [-0.25, -0.2) is 8.78 Å². The molecule has 0 spiro atoms. The summed E-state index contributed by atoms with van der Waals surface area (Å²) in [7, 11) is 0. The van der Waals surface area contributed by atoms with Crippen LogP contribution in [0.1, 0.15) is 11.3 Å². The Morgan fingerprint density at radius 3 is 2.71 bits per heavy atom. The van der Waals surface area contributed by atoms with Crippen molar-refractivity contribution in [2.24, 2.45) is 0 Å². The summed E-state index contributed by atoms with van der Waals surface area (Å²) in [4.78, 5) is 10.9. The van der Waals surface area contributed by atoms with E-state index in [1.54, 1.807) is 0 Å². The first-order chi connectivity index (χ1) is 10.0. The van der Waals surface area contributed by atoms with Crippen molar-refractivity contribution in [3.05, 3.63) is 41.1 Å². The molecule has 2 aromatic rings. The number of benzene rings is 1. The number of hydrogen-bond acceptors (Lipinski definition) is 3. The molecule has 0 aliphatic carbocycles. The molecule has 1 aromatic heterocycles. The first-order valence-electron chi connectivity index (χ1n) is 6.52. The molecule has 0 atom stereocenters. The fourth-order valence-electron chi connectivity index (χ4n) is 2.60. The Kier molecular flexibility index (Phi) is 3.42. The number of carboxylic acids is 1. The first kappa shape index (κ1) is 13.7. The highest BCUT2D eigenvalue weighted by atomic mass is 19.1. The van der Waals surface area contributed by atoms with Gasteiger partial charge in [-0.1, -0.05) is 0 Å². The van der Waals surface area contributed by atoms with Crippen LogP contribution in [0.15, 0.2) is 18.2 Å². The largest absolute Gasteiger partial charge is 0.480 e. The molecule has 0 bridgehead atoms. The van der Waals surface area contributed by atoms with Gasteiger partial charge in [0.25, 0.3) is 0 Å². The van der Waals surface area contributed by atoms with Gasteiger partial charge in [0, 0.05) is 42.4 Å². The Balaban J connectivity index is 2.13. The summed E-state index contributed by atoms with van der Waals surface area (Å²) in [5.41, 5.74) is 2.34. The number of nitrogens with zero attached hydrogens (tertiary/aromatic N) is 2. The maximum Gasteiger partial charge on any atom is 0.325 e. The monoisotopic (exact) mass is 293 g/mol. The average molecular weight is 293 g/mol. The fourth-order valence-corrected chi connectivity index (χ4v) is 2.60. The summed E-state index contributed by atoms with van der Waals surface area (Å²) in [5.74, 6) is -2.37. The molecular weight excluding hydrogens is 280 g/mol. The van der Waals surface area contributed by atoms with E-state index in [2.05, 4.69) is 10.4 Å². The van der Waals surface area contributed by atoms with E-state index in [4.69, 9.17) is 5.11 Å². The van der Waals surface area contributed by atoms with E-state index in [0.29, 0.717) is 24.2 Å². The number of aromatic nitrogens is 2. The standard InChI is InChI=1S/C14H13F2N3O2/c15-9-3-8(4-10(16)5-9)14-11-6-17-2-1-12(11)19(18-14)7-13(20)21/h3-5,17H,1-2,6-7H2,(H,20,21). The molecule has 1 aromatic carbocycles. The third kappa shape index (κ3) is 2.64. The highest BCUT2D eigenvalue weighted by Crippen LogP contribution is 2.28. The summed E-state index contributed by atoms with van der Waals surface area (Å²) in [6, 6.07) is 3.19. The van der Waals surface area contributed by atoms with Gasteiger partial charge in [-0.2, -0.15) is 5.10 Å². The van der Waals surface area contributed by atoms with Gasteiger partial charge in [-0.05, 0) is 12.1 Å². The third-order valence-electron chi connectivity index (χ3n) is 3.43. The summed E-state index contributed by atoms with van der Waals surface area (Å²) in [5, 5.41) is 16.3. The second-order valence-corrected chi connectivity index (χ2v) is 4.91. The highest BCUT2D eigenvalue weighted by Gasteiger charge is 2.23. The molecule has 2 heterocycles. The molecule has 0 unspecified atom stereocenters. The smallest absolute Gasteiger partial charge is 0.325 e. The molecule has 0 fully saturated rings. The maximum absolute atomic E-state index is 13.4. The van der Waals surface area contributed by atoms with E-state index >= 15 is 0 Å². The van der Waals surface area contributed by atoms with Crippen LogP contribution in [0.4, 0.5) is 8.78 Å². The number of carboxylic acid groups (broad SMARTS) is 1. The van der Waals surface area contributed by atoms with Crippen molar-refractivity contribution in [1.82, 2.24) is 15.1 Å². The fraction of sp³-hybridized carbons (Fsp3) is 0.286. The van der Waals surface area contributed by atoms with Gasteiger partial charge in [0.1, 0.15) is 18.2 Å². The number of carbonyl (C=O) groups is 1. The second kappa shape index (κ2) is 5.25. The third-order valence-corrected chi connectivity index (χ3v) is 3.43. The quantitative estimate of drug-likeness (QED) is 0.901. The lowest BCUT2D eigenvalue weighted by molar-refractivity contribution is -0.137. The maximum atomic E-state index is 13.4. The van der Waals surface area contributed by atoms with Crippen LogP contribution < -0.4 is 5.32 Å². The van der Waals surface area contributed by atoms with Crippen LogP contribution in [-0.4, -0.2) is 27.4 Å². The van der Waals surface area contributed by atoms with Gasteiger partial charge in [-0.15, -0.1) is 0 Å². The minimum absolute atomic E-state index is 0.264. The Morgan fingerprint density at radius 2 is 2.05 bits per heavy atom. The van der Waals surface area contributed by atoms with Gasteiger partial charge in [0.15, 0.2) is 0 Å². The van der Waals surface area contributed by atoms with Gasteiger partial charge in [0.05, 0.1) is 5.69 Å². The van der Waals surface area contributed by atoms with E-state index in [-0.39, 0.29) is 6.54 Å². The van der Waals surface area contributed by atoms with E-state index in [9.17, 15) is 13.6 Å². The highest BCUT2D eigenvalue weighted by molar-refractivity contribution is 5.68. The first-order valence-corrected chi connectivity index (χ1v) is 6.52. The Hall–Kier alpha value is -2.28. The van der Waals surface area contributed by atoms with E-state index in [1.165, 1.54) is 16.8 Å². The lowest BCUT2D eigenvalue weighted by atomic mass is 10.0. The molecule has 21 heavy (non-hydrogen) atoms. The number of hydrogen-bond donors (Lipinski definition) is 2. The zero-order valence-electron chi connectivity index (χ0n) is 11.1. The average Bonchev–Trinajstić information content (AvgIpc) is 2.76. The molecule has 5 nitrogen and oxygen atoms in total. The summed E-state index contributed by atoms with van der Waals surface area (Å²) < 4.78 is 28.2. The zero-order valence-corrected chi connectivity index (χ0v) is 11.1. The normalized spacial score (nSPS) is 14.0. The van der Waals surface area contributed by atoms with Crippen molar-refractivity contribution in [3.63, 3.8) is 0 Å². The van der Waals surface area contributed by atoms with Crippen LogP contribution in [0.2, 0.25) is 0 Å². The number of nitrogens with one attached hydrogen (secondary N) is 1. The SMILES string of the molecule is O=C(O)Cn1nc(-c2cc(F)cc(F)c2)c2c1CCNC2. The van der Waals surface area contributed by atoms with Gasteiger partial charge < -0.3 is 10.4 Å². The molecule has 0 saturated heterocycles. The molecule has 1 aliphatic rings. The topological polar surface area (TPSA) is 67.1 Å². The minimum atomic E-state index is -1.00. The molecule has 1 aliphatic heterocycles. The lowest BCUT2D eigenvalue weighted by Gasteiger charge is -2.15. The molecule has 2 N–H and O–H groups in total. The molecular formula is C14H13F2N3O2. The minimum Gasteiger partial charge on any atom is -0.480 e. The van der Waals surface area contributed by atoms with Crippen LogP contribution in [-0.2, 0) is 24.3 Å². The van der Waals surface area contributed by atoms with E-state index in [0.717, 1.165) is 23.9 Å². The van der Waals surface area contributed by atoms with Crippen molar-refractivity contribution in [2.75, 3.05) is 6.54 Å². The Bertz CT molecular complexity index is 692. The van der Waals surface area contributed by atoms with E-state index < -0.39 is 17.6 Å². The molecule has 3 rings (SSSR count). The van der Waals surface area contributed by atoms with Crippen LogP contribution in [0.3, 0.4) is 0 Å². The zero-order chi connectivity index (χ0) is 15.0. The van der Waals surface area contributed by atoms with Crippen LogP contribution in [0.25, 0.3) is 11.3 Å². The summed E-state index contributed by atoms with van der Waals surface area (Å²) in [6.45, 7) is 0.956. The molecule has 0 radical (unpaired) electrons. The molecule has 0 amide bonds. The number of aliphatic carboxylic acids is 1. The van der Waals surface area contributed by atoms with Crippen LogP contribution >= 0.6 is 0 Å². The van der Waals surface area contributed by atoms with Crippen molar-refractivity contribution >= 4 is 5.97 Å². The molecule has 0 saturated carbocycles. The van der Waals surface area contributed by atoms with Crippen molar-refractivity contribution < 1.29 is 18.7 Å². The van der Waals surface area contributed by atoms with Gasteiger partial charge in [0.2, 0.25) is 0 Å². The Labute approximate surface area is 119 Å². The second-order valence-electron chi connectivity index (χ2n) is 4.91. The lowest BCUT2D eigenvalue weighted by Crippen LogP contribution is -2.25. The number of fused-ring (bicyclic) bond motifs is 1. The van der Waals surface area contributed by atoms with Crippen LogP contribution in [0, 0.1) is 11.6 Å². The van der Waals surface area contributed by atoms with Gasteiger partial charge >= 0.3 is 5.97 Å². The summed E-state index contributed by atoms with van der Waals surface area (Å²) in [6.07, 6.45) is 0.632. The van der Waals surface area contributed by atoms with Crippen molar-refractivity contribution in [3.8, 4) is 11.3 Å². The Morgan fingerprint density at radius 1 is 1.33 bits per heavy atom. The predicted octanol–water partition coefficient (Wildman–Crippen LogP) is 1.56. The van der Waals surface area contributed by atoms with Gasteiger partial charge in [-0.3, -0.25) is 9.48 Å². The van der Waals surface area contributed by atoms with Crippen molar-refractivity contribution in [1.29, 1.82) is 0 Å². The van der Waals surface area contributed by atoms with E-state index in [1.807, 2.05) is 0 Å². The summed E-state index contributed by atoms with van der Waals surface area (Å²) >= 11 is 0. The molecule has 7 heteroatoms. The van der Waals surface area contributed by atoms with Crippen molar-refractivity contribution in [2.45, 2.75) is 19.5 Å². The number of rotatable bonds is 3. The van der Waals surface area contributed by atoms with Crippen LogP contribution in [0.5, 0.6) is 0 Å². The number of halogens is 2. The molecule has 110 valence electrons.